The van der Waals surface area contributed by atoms with Crippen molar-refractivity contribution in [3.8, 4) is 11.5 Å². The van der Waals surface area contributed by atoms with Gasteiger partial charge in [-0.3, -0.25) is 14.7 Å². The molecule has 3 aromatic rings. The highest BCUT2D eigenvalue weighted by atomic mass is 16.5. The number of hydrogen-bond acceptors (Lipinski definition) is 4. The molecule has 2 aliphatic rings. The number of anilines is 1. The van der Waals surface area contributed by atoms with E-state index in [9.17, 15) is 4.79 Å². The van der Waals surface area contributed by atoms with Gasteiger partial charge in [-0.05, 0) is 41.3 Å². The van der Waals surface area contributed by atoms with Gasteiger partial charge in [-0.25, -0.2) is 0 Å². The molecule has 0 aromatic heterocycles. The molecule has 0 spiro atoms. The second-order valence-corrected chi connectivity index (χ2v) is 7.76. The van der Waals surface area contributed by atoms with E-state index in [0.717, 1.165) is 34.6 Å². The van der Waals surface area contributed by atoms with Gasteiger partial charge in [-0.15, -0.1) is 0 Å². The zero-order valence-electron chi connectivity index (χ0n) is 17.9. The first-order valence-electron chi connectivity index (χ1n) is 10.5. The summed E-state index contributed by atoms with van der Waals surface area (Å²) < 4.78 is 11.1. The van der Waals surface area contributed by atoms with Crippen molar-refractivity contribution in [1.29, 1.82) is 0 Å². The molecular weight excluding hydrogens is 388 g/mol. The molecular formula is C26H24N2O3. The number of aliphatic imine (C=N–C) groups is 1. The first-order valence-corrected chi connectivity index (χ1v) is 10.5. The molecule has 0 saturated carbocycles. The van der Waals surface area contributed by atoms with Crippen LogP contribution in [0.5, 0.6) is 11.5 Å². The third-order valence-corrected chi connectivity index (χ3v) is 6.16. The topological polar surface area (TPSA) is 51.1 Å². The molecule has 5 heteroatoms. The van der Waals surface area contributed by atoms with Crippen LogP contribution < -0.4 is 14.4 Å². The first-order chi connectivity index (χ1) is 15.2. The highest BCUT2D eigenvalue weighted by molar-refractivity contribution is 6.17. The lowest BCUT2D eigenvalue weighted by molar-refractivity contribution is 0.0989. The Morgan fingerprint density at radius 1 is 1.00 bits per heavy atom. The molecule has 2 heterocycles. The van der Waals surface area contributed by atoms with Crippen molar-refractivity contribution < 1.29 is 14.3 Å². The molecule has 0 saturated heterocycles. The second-order valence-electron chi connectivity index (χ2n) is 7.76. The lowest BCUT2D eigenvalue weighted by atomic mass is 9.95. The highest BCUT2D eigenvalue weighted by Crippen LogP contribution is 2.50. The molecule has 0 bridgehead atoms. The van der Waals surface area contributed by atoms with Gasteiger partial charge in [-0.2, -0.15) is 0 Å². The molecule has 0 unspecified atom stereocenters. The summed E-state index contributed by atoms with van der Waals surface area (Å²) in [7, 11) is 3.16. The van der Waals surface area contributed by atoms with Crippen molar-refractivity contribution in [3.05, 3.63) is 82.9 Å². The van der Waals surface area contributed by atoms with E-state index in [0.29, 0.717) is 23.5 Å². The van der Waals surface area contributed by atoms with E-state index in [1.807, 2.05) is 41.3 Å². The van der Waals surface area contributed by atoms with Crippen LogP contribution in [0.2, 0.25) is 0 Å². The molecule has 1 amide bonds. The average molecular weight is 412 g/mol. The zero-order valence-corrected chi connectivity index (χ0v) is 17.9. The molecule has 31 heavy (non-hydrogen) atoms. The number of carbonyl (C=O) groups is 1. The molecule has 0 radical (unpaired) electrons. The third-order valence-electron chi connectivity index (χ3n) is 6.16. The summed E-state index contributed by atoms with van der Waals surface area (Å²) in [6, 6.07) is 20.1. The second kappa shape index (κ2) is 7.58. The van der Waals surface area contributed by atoms with Crippen molar-refractivity contribution >= 4 is 23.0 Å². The minimum atomic E-state index is -0.157. The van der Waals surface area contributed by atoms with Crippen LogP contribution in [0.15, 0.2) is 65.7 Å². The Morgan fingerprint density at radius 2 is 1.77 bits per heavy atom. The van der Waals surface area contributed by atoms with Gasteiger partial charge in [0, 0.05) is 6.42 Å². The van der Waals surface area contributed by atoms with Crippen LogP contribution in [0.1, 0.15) is 46.4 Å². The summed E-state index contributed by atoms with van der Waals surface area (Å²) in [5, 5.41) is 0. The maximum atomic E-state index is 13.7. The van der Waals surface area contributed by atoms with Gasteiger partial charge in [0.2, 0.25) is 0 Å². The largest absolute Gasteiger partial charge is 0.493 e. The quantitative estimate of drug-likeness (QED) is 0.569. The Labute approximate surface area is 181 Å². The van der Waals surface area contributed by atoms with Gasteiger partial charge in [0.25, 0.3) is 5.91 Å². The smallest absolute Gasteiger partial charge is 0.263 e. The van der Waals surface area contributed by atoms with Crippen LogP contribution in [0.4, 0.5) is 11.4 Å². The molecule has 0 N–H and O–H groups in total. The third kappa shape index (κ3) is 3.00. The molecule has 3 aromatic carbocycles. The number of hydrogen-bond donors (Lipinski definition) is 0. The van der Waals surface area contributed by atoms with Crippen molar-refractivity contribution in [1.82, 2.24) is 0 Å². The molecule has 2 aliphatic heterocycles. The number of nitrogens with zero attached hydrogens (tertiary/aromatic N) is 2. The van der Waals surface area contributed by atoms with Crippen LogP contribution in [-0.2, 0) is 6.42 Å². The van der Waals surface area contributed by atoms with E-state index in [-0.39, 0.29) is 11.9 Å². The van der Waals surface area contributed by atoms with E-state index in [4.69, 9.17) is 14.5 Å². The van der Waals surface area contributed by atoms with E-state index >= 15 is 0 Å². The molecule has 0 fully saturated rings. The highest BCUT2D eigenvalue weighted by Gasteiger charge is 2.43. The number of para-hydroxylation sites is 2. The van der Waals surface area contributed by atoms with Crippen molar-refractivity contribution in [2.24, 2.45) is 4.99 Å². The fourth-order valence-electron chi connectivity index (χ4n) is 4.57. The Hall–Kier alpha value is -3.60. The summed E-state index contributed by atoms with van der Waals surface area (Å²) in [4.78, 5) is 20.5. The van der Waals surface area contributed by atoms with Crippen molar-refractivity contribution in [2.45, 2.75) is 25.8 Å². The fourth-order valence-corrected chi connectivity index (χ4v) is 4.57. The van der Waals surface area contributed by atoms with Gasteiger partial charge in [-0.1, -0.05) is 49.4 Å². The van der Waals surface area contributed by atoms with E-state index in [2.05, 4.69) is 31.2 Å². The van der Waals surface area contributed by atoms with Gasteiger partial charge in [0.05, 0.1) is 42.9 Å². The van der Waals surface area contributed by atoms with Crippen LogP contribution in [0.25, 0.3) is 0 Å². The van der Waals surface area contributed by atoms with E-state index in [1.54, 1.807) is 14.2 Å². The van der Waals surface area contributed by atoms with Crippen molar-refractivity contribution in [3.63, 3.8) is 0 Å². The van der Waals surface area contributed by atoms with E-state index in [1.165, 1.54) is 5.56 Å². The van der Waals surface area contributed by atoms with Crippen LogP contribution in [0.3, 0.4) is 0 Å². The zero-order chi connectivity index (χ0) is 21.5. The van der Waals surface area contributed by atoms with Crippen LogP contribution in [-0.4, -0.2) is 25.8 Å². The molecule has 156 valence electrons. The Balaban J connectivity index is 1.69. The number of ether oxygens (including phenoxy) is 2. The van der Waals surface area contributed by atoms with Gasteiger partial charge in [0.15, 0.2) is 11.5 Å². The van der Waals surface area contributed by atoms with Gasteiger partial charge >= 0.3 is 0 Å². The number of benzene rings is 3. The minimum Gasteiger partial charge on any atom is -0.493 e. The summed E-state index contributed by atoms with van der Waals surface area (Å²) in [5.41, 5.74) is 6.47. The summed E-state index contributed by atoms with van der Waals surface area (Å²) in [5.74, 6) is 0.965. The predicted molar refractivity (Wildman–Crippen MR) is 122 cm³/mol. The summed E-state index contributed by atoms with van der Waals surface area (Å²) in [6.45, 7) is 2.15. The number of rotatable bonds is 4. The van der Waals surface area contributed by atoms with Crippen LogP contribution >= 0.6 is 0 Å². The Morgan fingerprint density at radius 3 is 2.48 bits per heavy atom. The normalized spacial score (nSPS) is 16.7. The fraction of sp³-hybridized carbons (Fsp3) is 0.231. The molecule has 5 nitrogen and oxygen atoms in total. The predicted octanol–water partition coefficient (Wildman–Crippen LogP) is 5.49. The minimum absolute atomic E-state index is 0.0824. The SMILES string of the molecule is CCc1ccc(C2=Nc3ccccc3N3C(=O)c4c(ccc(OC)c4OC)[C@H]3C2)cc1. The number of methoxy groups -OCH3 is 2. The first kappa shape index (κ1) is 19.4. The standard InChI is InChI=1S/C26H24N2O3/c1-4-16-9-11-17(12-10-16)20-15-22-18-13-14-23(30-2)25(31-3)24(18)26(29)28(22)21-8-6-5-7-19(21)27-20/h5-14,22H,4,15H2,1-3H3/t22-/m1/s1. The maximum absolute atomic E-state index is 13.7. The summed E-state index contributed by atoms with van der Waals surface area (Å²) >= 11 is 0. The lowest BCUT2D eigenvalue weighted by Gasteiger charge is -2.24. The number of fused-ring (bicyclic) bond motifs is 5. The Kier molecular flexibility index (Phi) is 4.74. The molecule has 5 rings (SSSR count). The monoisotopic (exact) mass is 412 g/mol. The number of aryl methyl sites for hydroxylation is 1. The van der Waals surface area contributed by atoms with Gasteiger partial charge in [0.1, 0.15) is 0 Å². The summed E-state index contributed by atoms with van der Waals surface area (Å²) in [6.07, 6.45) is 1.61. The number of amides is 1. The molecule has 0 aliphatic carbocycles. The Bertz CT molecular complexity index is 1200. The lowest BCUT2D eigenvalue weighted by Crippen LogP contribution is -2.28. The molecule has 1 atom stereocenters. The van der Waals surface area contributed by atoms with Crippen LogP contribution in [0, 0.1) is 0 Å². The number of carbonyl (C=O) groups excluding carboxylic acids is 1. The van der Waals surface area contributed by atoms with E-state index < -0.39 is 0 Å². The maximum Gasteiger partial charge on any atom is 0.263 e. The van der Waals surface area contributed by atoms with Gasteiger partial charge < -0.3 is 9.47 Å². The average Bonchev–Trinajstić information content (AvgIpc) is 2.98. The van der Waals surface area contributed by atoms with Crippen molar-refractivity contribution in [2.75, 3.05) is 19.1 Å².